The number of rotatable bonds is 3. The summed E-state index contributed by atoms with van der Waals surface area (Å²) in [6.45, 7) is 1.86. The fraction of sp³-hybridized carbons (Fsp3) is 0.167. The van der Waals surface area contributed by atoms with Gasteiger partial charge in [-0.2, -0.15) is 4.98 Å². The highest BCUT2D eigenvalue weighted by Gasteiger charge is 2.08. The third-order valence-electron chi connectivity index (χ3n) is 2.19. The lowest BCUT2D eigenvalue weighted by Gasteiger charge is -2.08. The number of benzene rings is 1. The summed E-state index contributed by atoms with van der Waals surface area (Å²) in [6.07, 6.45) is 1.83. The Kier molecular flexibility index (Phi) is 3.66. The summed E-state index contributed by atoms with van der Waals surface area (Å²) in [6, 6.07) is 6.09. The highest BCUT2D eigenvalue weighted by molar-refractivity contribution is 7.98. The molecule has 0 aliphatic heterocycles. The molecule has 1 aromatic heterocycles. The molecule has 0 aliphatic carbocycles. The van der Waals surface area contributed by atoms with E-state index in [1.165, 1.54) is 23.9 Å². The molecule has 0 bridgehead atoms. The normalized spacial score (nSPS) is 10.4. The molecule has 0 aliphatic rings. The quantitative estimate of drug-likeness (QED) is 0.682. The molecular formula is C12H12FN3OS. The van der Waals surface area contributed by atoms with Crippen LogP contribution >= 0.6 is 11.8 Å². The summed E-state index contributed by atoms with van der Waals surface area (Å²) >= 11 is 1.34. The number of hydrogen-bond acceptors (Lipinski definition) is 5. The van der Waals surface area contributed by atoms with Crippen LogP contribution in [0.1, 0.15) is 5.56 Å². The highest BCUT2D eigenvalue weighted by atomic mass is 32.2. The van der Waals surface area contributed by atoms with Gasteiger partial charge >= 0.3 is 0 Å². The molecule has 0 unspecified atom stereocenters. The van der Waals surface area contributed by atoms with Gasteiger partial charge in [-0.1, -0.05) is 17.8 Å². The average molecular weight is 265 g/mol. The van der Waals surface area contributed by atoms with E-state index >= 15 is 0 Å². The Balaban J connectivity index is 2.33. The molecule has 0 saturated carbocycles. The molecule has 0 amide bonds. The third kappa shape index (κ3) is 2.89. The SMILES string of the molecule is CSc1nc(N)cc(Oc2cc(C)ccc2F)n1. The van der Waals surface area contributed by atoms with Crippen molar-refractivity contribution >= 4 is 17.6 Å². The summed E-state index contributed by atoms with van der Waals surface area (Å²) < 4.78 is 18.9. The Hall–Kier alpha value is -1.82. The van der Waals surface area contributed by atoms with E-state index in [-0.39, 0.29) is 17.4 Å². The zero-order valence-electron chi connectivity index (χ0n) is 9.98. The van der Waals surface area contributed by atoms with Gasteiger partial charge in [0.15, 0.2) is 16.7 Å². The van der Waals surface area contributed by atoms with Crippen LogP contribution in [0, 0.1) is 12.7 Å². The first kappa shape index (κ1) is 12.6. The molecule has 0 spiro atoms. The molecule has 4 nitrogen and oxygen atoms in total. The van der Waals surface area contributed by atoms with Crippen molar-refractivity contribution < 1.29 is 9.13 Å². The van der Waals surface area contributed by atoms with Crippen LogP contribution in [0.3, 0.4) is 0 Å². The number of nitrogen functional groups attached to an aromatic ring is 1. The van der Waals surface area contributed by atoms with Crippen molar-refractivity contribution in [2.24, 2.45) is 0 Å². The highest BCUT2D eigenvalue weighted by Crippen LogP contribution is 2.26. The first-order valence-corrected chi connectivity index (χ1v) is 6.43. The number of ether oxygens (including phenoxy) is 1. The van der Waals surface area contributed by atoms with Gasteiger partial charge in [0.1, 0.15) is 5.82 Å². The van der Waals surface area contributed by atoms with Crippen LogP contribution in [-0.4, -0.2) is 16.2 Å². The zero-order chi connectivity index (χ0) is 13.1. The second kappa shape index (κ2) is 5.22. The maximum Gasteiger partial charge on any atom is 0.225 e. The molecule has 0 radical (unpaired) electrons. The minimum Gasteiger partial charge on any atom is -0.436 e. The van der Waals surface area contributed by atoms with Crippen molar-refractivity contribution in [1.82, 2.24) is 9.97 Å². The van der Waals surface area contributed by atoms with Gasteiger partial charge in [-0.3, -0.25) is 0 Å². The minimum absolute atomic E-state index is 0.125. The number of thioether (sulfide) groups is 1. The smallest absolute Gasteiger partial charge is 0.225 e. The van der Waals surface area contributed by atoms with Gasteiger partial charge in [-0.15, -0.1) is 0 Å². The van der Waals surface area contributed by atoms with Gasteiger partial charge in [0.05, 0.1) is 0 Å². The lowest BCUT2D eigenvalue weighted by atomic mass is 10.2. The standard InChI is InChI=1S/C12H12FN3OS/c1-7-3-4-8(13)9(5-7)17-11-6-10(14)15-12(16-11)18-2/h3-6H,1-2H3,(H2,14,15,16). The molecule has 1 heterocycles. The van der Waals surface area contributed by atoms with E-state index in [1.54, 1.807) is 12.1 Å². The lowest BCUT2D eigenvalue weighted by Crippen LogP contribution is -1.98. The van der Waals surface area contributed by atoms with Crippen LogP contribution in [0.25, 0.3) is 0 Å². The molecular weight excluding hydrogens is 253 g/mol. The topological polar surface area (TPSA) is 61.0 Å². The Morgan fingerprint density at radius 2 is 2.06 bits per heavy atom. The van der Waals surface area contributed by atoms with E-state index in [0.29, 0.717) is 5.16 Å². The second-order valence-corrected chi connectivity index (χ2v) is 4.43. The summed E-state index contributed by atoms with van der Waals surface area (Å²) in [4.78, 5) is 8.09. The number of hydrogen-bond donors (Lipinski definition) is 1. The van der Waals surface area contributed by atoms with Gasteiger partial charge < -0.3 is 10.5 Å². The molecule has 94 valence electrons. The van der Waals surface area contributed by atoms with E-state index in [4.69, 9.17) is 10.5 Å². The van der Waals surface area contributed by atoms with Gasteiger partial charge in [0.2, 0.25) is 5.88 Å². The summed E-state index contributed by atoms with van der Waals surface area (Å²) in [5.74, 6) is 0.206. The van der Waals surface area contributed by atoms with Crippen LogP contribution in [0.4, 0.5) is 10.2 Å². The number of aryl methyl sites for hydroxylation is 1. The van der Waals surface area contributed by atoms with Crippen LogP contribution in [0.2, 0.25) is 0 Å². The summed E-state index contributed by atoms with van der Waals surface area (Å²) in [5.41, 5.74) is 6.52. The van der Waals surface area contributed by atoms with Crippen molar-refractivity contribution in [2.45, 2.75) is 12.1 Å². The van der Waals surface area contributed by atoms with Gasteiger partial charge in [0, 0.05) is 6.07 Å². The van der Waals surface area contributed by atoms with Crippen LogP contribution in [-0.2, 0) is 0 Å². The van der Waals surface area contributed by atoms with Crippen molar-refractivity contribution in [2.75, 3.05) is 12.0 Å². The molecule has 0 atom stereocenters. The Morgan fingerprint density at radius 3 is 2.78 bits per heavy atom. The lowest BCUT2D eigenvalue weighted by molar-refractivity contribution is 0.422. The van der Waals surface area contributed by atoms with Gasteiger partial charge in [-0.25, -0.2) is 9.37 Å². The summed E-state index contributed by atoms with van der Waals surface area (Å²) in [7, 11) is 0. The molecule has 0 fully saturated rings. The van der Waals surface area contributed by atoms with E-state index in [0.717, 1.165) is 5.56 Å². The largest absolute Gasteiger partial charge is 0.436 e. The first-order valence-electron chi connectivity index (χ1n) is 5.21. The van der Waals surface area contributed by atoms with E-state index in [2.05, 4.69) is 9.97 Å². The molecule has 1 aromatic carbocycles. The summed E-state index contributed by atoms with van der Waals surface area (Å²) in [5, 5.41) is 0.484. The number of anilines is 1. The van der Waals surface area contributed by atoms with Crippen molar-refractivity contribution in [1.29, 1.82) is 0 Å². The molecule has 0 saturated heterocycles. The Labute approximate surface area is 108 Å². The van der Waals surface area contributed by atoms with E-state index in [1.807, 2.05) is 13.2 Å². The zero-order valence-corrected chi connectivity index (χ0v) is 10.8. The molecule has 6 heteroatoms. The minimum atomic E-state index is -0.441. The third-order valence-corrected chi connectivity index (χ3v) is 2.73. The monoisotopic (exact) mass is 265 g/mol. The van der Waals surface area contributed by atoms with Gasteiger partial charge in [0.25, 0.3) is 0 Å². The van der Waals surface area contributed by atoms with E-state index < -0.39 is 5.82 Å². The molecule has 2 rings (SSSR count). The van der Waals surface area contributed by atoms with E-state index in [9.17, 15) is 4.39 Å². The fourth-order valence-corrected chi connectivity index (χ4v) is 1.74. The number of nitrogens with two attached hydrogens (primary N) is 1. The number of halogens is 1. The van der Waals surface area contributed by atoms with Crippen molar-refractivity contribution in [3.63, 3.8) is 0 Å². The van der Waals surface area contributed by atoms with Crippen molar-refractivity contribution in [3.05, 3.63) is 35.6 Å². The fourth-order valence-electron chi connectivity index (χ4n) is 1.37. The first-order chi connectivity index (χ1) is 8.58. The van der Waals surface area contributed by atoms with Crippen molar-refractivity contribution in [3.8, 4) is 11.6 Å². The van der Waals surface area contributed by atoms with Crippen LogP contribution in [0.15, 0.2) is 29.4 Å². The molecule has 2 N–H and O–H groups in total. The predicted molar refractivity (Wildman–Crippen MR) is 69.4 cm³/mol. The van der Waals surface area contributed by atoms with Crippen LogP contribution in [0.5, 0.6) is 11.6 Å². The predicted octanol–water partition coefficient (Wildman–Crippen LogP) is 3.02. The maximum absolute atomic E-state index is 13.5. The molecule has 2 aromatic rings. The maximum atomic E-state index is 13.5. The Morgan fingerprint density at radius 1 is 1.28 bits per heavy atom. The van der Waals surface area contributed by atoms with Crippen LogP contribution < -0.4 is 10.5 Å². The number of nitrogens with zero attached hydrogens (tertiary/aromatic N) is 2. The average Bonchev–Trinajstić information content (AvgIpc) is 2.33. The van der Waals surface area contributed by atoms with Gasteiger partial charge in [-0.05, 0) is 30.9 Å². The number of aromatic nitrogens is 2. The Bertz CT molecular complexity index is 577. The second-order valence-electron chi connectivity index (χ2n) is 3.65. The molecule has 18 heavy (non-hydrogen) atoms.